The number of nitrogens with two attached hydrogens (primary N) is 1. The number of ether oxygens (including phenoxy) is 1. The summed E-state index contributed by atoms with van der Waals surface area (Å²) >= 11 is 0. The summed E-state index contributed by atoms with van der Waals surface area (Å²) in [5.41, 5.74) is 7.08. The Labute approximate surface area is 148 Å². The Morgan fingerprint density at radius 2 is 1.80 bits per heavy atom. The smallest absolute Gasteiger partial charge is 0.339 e. The van der Waals surface area contributed by atoms with Gasteiger partial charge in [-0.15, -0.1) is 0 Å². The second-order valence-electron chi connectivity index (χ2n) is 5.98. The molecule has 0 atom stereocenters. The molecule has 6 heteroatoms. The summed E-state index contributed by atoms with van der Waals surface area (Å²) in [4.78, 5) is 19.5. The van der Waals surface area contributed by atoms with Crippen molar-refractivity contribution in [2.24, 2.45) is 0 Å². The summed E-state index contributed by atoms with van der Waals surface area (Å²) in [5.74, 6) is -0.250. The minimum atomic E-state index is -1.07. The summed E-state index contributed by atoms with van der Waals surface area (Å²) in [6, 6.07) is 7.22. The highest BCUT2D eigenvalue weighted by atomic mass is 16.5. The lowest BCUT2D eigenvalue weighted by atomic mass is 10.0. The minimum absolute atomic E-state index is 0.0601. The Kier molecular flexibility index (Phi) is 6.74. The van der Waals surface area contributed by atoms with Crippen molar-refractivity contribution in [3.05, 3.63) is 35.5 Å². The summed E-state index contributed by atoms with van der Waals surface area (Å²) in [5, 5.41) is 9.41. The fourth-order valence-electron chi connectivity index (χ4n) is 2.66. The number of carboxylic acids is 1. The molecule has 0 spiro atoms. The van der Waals surface area contributed by atoms with Gasteiger partial charge in [0.15, 0.2) is 0 Å². The molecule has 2 rings (SSSR count). The second kappa shape index (κ2) is 9.01. The van der Waals surface area contributed by atoms with Crippen molar-refractivity contribution in [3.63, 3.8) is 0 Å². The number of aromatic carboxylic acids is 1. The molecule has 0 saturated carbocycles. The van der Waals surface area contributed by atoms with Crippen molar-refractivity contribution in [1.82, 2.24) is 9.97 Å². The summed E-state index contributed by atoms with van der Waals surface area (Å²) in [6.07, 6.45) is 5.95. The molecule has 0 bridgehead atoms. The van der Waals surface area contributed by atoms with E-state index >= 15 is 0 Å². The predicted octanol–water partition coefficient (Wildman–Crippen LogP) is 4.08. The van der Waals surface area contributed by atoms with E-state index in [4.69, 9.17) is 10.5 Å². The van der Waals surface area contributed by atoms with Gasteiger partial charge in [-0.05, 0) is 37.6 Å². The zero-order chi connectivity index (χ0) is 18.2. The molecular formula is C19H25N3O3. The number of anilines is 1. The number of carboxylic acid groups (broad SMARTS) is 1. The molecule has 2 aromatic rings. The average Bonchev–Trinajstić information content (AvgIpc) is 2.57. The van der Waals surface area contributed by atoms with E-state index in [0.717, 1.165) is 12.2 Å². The minimum Gasteiger partial charge on any atom is -0.494 e. The van der Waals surface area contributed by atoms with Gasteiger partial charge in [0.1, 0.15) is 11.3 Å². The summed E-state index contributed by atoms with van der Waals surface area (Å²) in [6.45, 7) is 4.49. The maximum atomic E-state index is 11.5. The van der Waals surface area contributed by atoms with Crippen molar-refractivity contribution in [1.29, 1.82) is 0 Å². The number of nitrogens with zero attached hydrogens (tertiary/aromatic N) is 2. The van der Waals surface area contributed by atoms with Gasteiger partial charge in [0, 0.05) is 5.56 Å². The number of unbranched alkanes of at least 4 members (excludes halogenated alkanes) is 4. The van der Waals surface area contributed by atoms with Gasteiger partial charge in [-0.25, -0.2) is 14.8 Å². The van der Waals surface area contributed by atoms with E-state index < -0.39 is 5.97 Å². The van der Waals surface area contributed by atoms with E-state index in [2.05, 4.69) is 16.9 Å². The molecule has 1 aromatic heterocycles. The Hall–Kier alpha value is -2.63. The first-order chi connectivity index (χ1) is 12.0. The van der Waals surface area contributed by atoms with Crippen molar-refractivity contribution >= 4 is 11.9 Å². The zero-order valence-electron chi connectivity index (χ0n) is 14.8. The molecule has 1 aromatic carbocycles. The van der Waals surface area contributed by atoms with E-state index in [1.165, 1.54) is 25.7 Å². The highest BCUT2D eigenvalue weighted by Gasteiger charge is 2.18. The van der Waals surface area contributed by atoms with Crippen molar-refractivity contribution < 1.29 is 14.6 Å². The van der Waals surface area contributed by atoms with Gasteiger partial charge < -0.3 is 15.6 Å². The Balaban J connectivity index is 2.06. The Morgan fingerprint density at radius 3 is 2.44 bits per heavy atom. The lowest BCUT2D eigenvalue weighted by Crippen LogP contribution is -2.09. The third-order valence-corrected chi connectivity index (χ3v) is 3.97. The molecule has 0 aliphatic rings. The molecule has 0 aliphatic heterocycles. The van der Waals surface area contributed by atoms with E-state index in [0.29, 0.717) is 23.6 Å². The highest BCUT2D eigenvalue weighted by Crippen LogP contribution is 2.26. The Morgan fingerprint density at radius 1 is 1.12 bits per heavy atom. The van der Waals surface area contributed by atoms with Crippen molar-refractivity contribution in [2.45, 2.75) is 46.0 Å². The van der Waals surface area contributed by atoms with Crippen LogP contribution >= 0.6 is 0 Å². The monoisotopic (exact) mass is 343 g/mol. The standard InChI is InChI=1S/C19H25N3O3/c1-3-4-5-6-7-12-25-15-10-8-14(9-11-15)17-16(18(23)24)13(2)21-19(20)22-17/h8-11H,3-7,12H2,1-2H3,(H,23,24)(H2,20,21,22). The van der Waals surface area contributed by atoms with Crippen LogP contribution in [0.2, 0.25) is 0 Å². The molecule has 6 nitrogen and oxygen atoms in total. The molecule has 3 N–H and O–H groups in total. The maximum Gasteiger partial charge on any atom is 0.339 e. The van der Waals surface area contributed by atoms with E-state index in [1.807, 2.05) is 12.1 Å². The van der Waals surface area contributed by atoms with Crippen LogP contribution < -0.4 is 10.5 Å². The van der Waals surface area contributed by atoms with Crippen LogP contribution in [-0.4, -0.2) is 27.7 Å². The van der Waals surface area contributed by atoms with Crippen LogP contribution in [0.5, 0.6) is 5.75 Å². The zero-order valence-corrected chi connectivity index (χ0v) is 14.8. The fourth-order valence-corrected chi connectivity index (χ4v) is 2.66. The Bertz CT molecular complexity index is 715. The fraction of sp³-hybridized carbons (Fsp3) is 0.421. The molecule has 134 valence electrons. The number of rotatable bonds is 9. The number of hydrogen-bond acceptors (Lipinski definition) is 5. The number of hydrogen-bond donors (Lipinski definition) is 2. The maximum absolute atomic E-state index is 11.5. The third kappa shape index (κ3) is 5.17. The van der Waals surface area contributed by atoms with Gasteiger partial charge in [0.05, 0.1) is 18.0 Å². The van der Waals surface area contributed by atoms with E-state index in [9.17, 15) is 9.90 Å². The van der Waals surface area contributed by atoms with Gasteiger partial charge in [0.2, 0.25) is 5.95 Å². The molecule has 0 aliphatic carbocycles. The third-order valence-electron chi connectivity index (χ3n) is 3.97. The molecule has 0 amide bonds. The van der Waals surface area contributed by atoms with Crippen LogP contribution in [0.3, 0.4) is 0 Å². The molecule has 0 unspecified atom stereocenters. The van der Waals surface area contributed by atoms with Crippen LogP contribution in [0.25, 0.3) is 11.3 Å². The van der Waals surface area contributed by atoms with Crippen molar-refractivity contribution in [2.75, 3.05) is 12.3 Å². The lowest BCUT2D eigenvalue weighted by molar-refractivity contribution is 0.0696. The molecule has 0 fully saturated rings. The number of nitrogen functional groups attached to an aromatic ring is 1. The van der Waals surface area contributed by atoms with Crippen molar-refractivity contribution in [3.8, 4) is 17.0 Å². The predicted molar refractivity (Wildman–Crippen MR) is 97.8 cm³/mol. The molecule has 0 radical (unpaired) electrons. The van der Waals surface area contributed by atoms with Gasteiger partial charge in [-0.3, -0.25) is 0 Å². The first-order valence-corrected chi connectivity index (χ1v) is 8.63. The van der Waals surface area contributed by atoms with E-state index in [1.54, 1.807) is 19.1 Å². The second-order valence-corrected chi connectivity index (χ2v) is 5.98. The number of aromatic nitrogens is 2. The summed E-state index contributed by atoms with van der Waals surface area (Å²) in [7, 11) is 0. The summed E-state index contributed by atoms with van der Waals surface area (Å²) < 4.78 is 5.73. The highest BCUT2D eigenvalue weighted by molar-refractivity contribution is 5.96. The number of carbonyl (C=O) groups is 1. The number of benzene rings is 1. The number of aryl methyl sites for hydroxylation is 1. The van der Waals surface area contributed by atoms with Crippen LogP contribution in [0.1, 0.15) is 55.1 Å². The molecule has 0 saturated heterocycles. The van der Waals surface area contributed by atoms with Gasteiger partial charge >= 0.3 is 5.97 Å². The topological polar surface area (TPSA) is 98.3 Å². The lowest BCUT2D eigenvalue weighted by Gasteiger charge is -2.10. The van der Waals surface area contributed by atoms with Crippen LogP contribution in [0.15, 0.2) is 24.3 Å². The van der Waals surface area contributed by atoms with Gasteiger partial charge in [-0.1, -0.05) is 32.6 Å². The SMILES string of the molecule is CCCCCCCOc1ccc(-c2nc(N)nc(C)c2C(=O)O)cc1. The normalized spacial score (nSPS) is 10.6. The van der Waals surface area contributed by atoms with Crippen LogP contribution in [-0.2, 0) is 0 Å². The largest absolute Gasteiger partial charge is 0.494 e. The molecular weight excluding hydrogens is 318 g/mol. The quantitative estimate of drug-likeness (QED) is 0.666. The van der Waals surface area contributed by atoms with E-state index in [-0.39, 0.29) is 11.5 Å². The average molecular weight is 343 g/mol. The first-order valence-electron chi connectivity index (χ1n) is 8.63. The molecule has 1 heterocycles. The van der Waals surface area contributed by atoms with Crippen LogP contribution in [0.4, 0.5) is 5.95 Å². The van der Waals surface area contributed by atoms with Gasteiger partial charge in [0.25, 0.3) is 0 Å². The molecule has 25 heavy (non-hydrogen) atoms. The van der Waals surface area contributed by atoms with Crippen LogP contribution in [0, 0.1) is 6.92 Å². The first kappa shape index (κ1) is 18.7. The van der Waals surface area contributed by atoms with Gasteiger partial charge in [-0.2, -0.15) is 0 Å².